The Kier molecular flexibility index (Phi) is 5.64. The third kappa shape index (κ3) is 3.94. The normalized spacial score (nSPS) is 13.7. The second-order valence-corrected chi connectivity index (χ2v) is 7.96. The number of hydrogen-bond donors (Lipinski definition) is 0. The van der Waals surface area contributed by atoms with Crippen molar-refractivity contribution in [2.24, 2.45) is 0 Å². The summed E-state index contributed by atoms with van der Waals surface area (Å²) in [4.78, 5) is 24.5. The van der Waals surface area contributed by atoms with E-state index in [0.29, 0.717) is 35.0 Å². The van der Waals surface area contributed by atoms with Crippen molar-refractivity contribution in [3.05, 3.63) is 101 Å². The van der Waals surface area contributed by atoms with Crippen LogP contribution in [-0.2, 0) is 17.9 Å². The van der Waals surface area contributed by atoms with Gasteiger partial charge in [0.1, 0.15) is 18.1 Å². The van der Waals surface area contributed by atoms with Crippen LogP contribution in [0.1, 0.15) is 38.8 Å². The Balaban J connectivity index is 1.33. The van der Waals surface area contributed by atoms with E-state index >= 15 is 0 Å². The molecule has 2 heterocycles. The zero-order valence-corrected chi connectivity index (χ0v) is 18.9. The topological polar surface area (TPSA) is 66.8 Å². The highest BCUT2D eigenvalue weighted by molar-refractivity contribution is 6.15. The number of aryl methyl sites for hydroxylation is 1. The van der Waals surface area contributed by atoms with Gasteiger partial charge in [-0.2, -0.15) is 0 Å². The first-order valence-electron chi connectivity index (χ1n) is 11.0. The maximum atomic E-state index is 12.9. The molecule has 1 aliphatic heterocycles. The van der Waals surface area contributed by atoms with Crippen molar-refractivity contribution in [2.45, 2.75) is 20.1 Å². The SMILES string of the molecule is CCn1cc(C=C2Oc3cc(OCc4ccc(C(=O)OC)cc4)ccc3C2=O)c2ccccc21. The van der Waals surface area contributed by atoms with Crippen LogP contribution in [0.3, 0.4) is 0 Å². The fraction of sp³-hybridized carbons (Fsp3) is 0.143. The molecule has 6 heteroatoms. The first kappa shape index (κ1) is 21.5. The molecule has 0 radical (unpaired) electrons. The van der Waals surface area contributed by atoms with Crippen molar-refractivity contribution in [1.29, 1.82) is 0 Å². The van der Waals surface area contributed by atoms with Crippen LogP contribution in [0, 0.1) is 0 Å². The Hall–Kier alpha value is -4.32. The standard InChI is InChI=1S/C28H23NO5/c1-3-29-16-20(22-6-4-5-7-24(22)29)14-26-27(30)23-13-12-21(15-25(23)34-26)33-17-18-8-10-19(11-9-18)28(31)32-2/h4-16H,3,17H2,1-2H3. The minimum atomic E-state index is -0.379. The van der Waals surface area contributed by atoms with Gasteiger partial charge in [0.2, 0.25) is 5.78 Å². The van der Waals surface area contributed by atoms with Gasteiger partial charge in [0.15, 0.2) is 5.76 Å². The van der Waals surface area contributed by atoms with Gasteiger partial charge in [-0.05, 0) is 48.9 Å². The fourth-order valence-corrected chi connectivity index (χ4v) is 4.07. The summed E-state index contributed by atoms with van der Waals surface area (Å²) in [6.07, 6.45) is 3.84. The van der Waals surface area contributed by atoms with Crippen LogP contribution in [0.2, 0.25) is 0 Å². The molecular weight excluding hydrogens is 430 g/mol. The summed E-state index contributed by atoms with van der Waals surface area (Å²) in [5.41, 5.74) is 3.96. The molecule has 3 aromatic carbocycles. The van der Waals surface area contributed by atoms with Gasteiger partial charge in [0.25, 0.3) is 0 Å². The minimum Gasteiger partial charge on any atom is -0.489 e. The first-order chi connectivity index (χ1) is 16.6. The average Bonchev–Trinajstić information content (AvgIpc) is 3.39. The predicted octanol–water partition coefficient (Wildman–Crippen LogP) is 5.64. The van der Waals surface area contributed by atoms with Crippen LogP contribution < -0.4 is 9.47 Å². The molecule has 6 nitrogen and oxygen atoms in total. The molecule has 5 rings (SSSR count). The molecule has 0 spiro atoms. The number of fused-ring (bicyclic) bond motifs is 2. The maximum Gasteiger partial charge on any atom is 0.337 e. The lowest BCUT2D eigenvalue weighted by molar-refractivity contribution is 0.0600. The molecule has 4 aromatic rings. The number of esters is 1. The Morgan fingerprint density at radius 3 is 2.62 bits per heavy atom. The molecule has 0 aliphatic carbocycles. The average molecular weight is 453 g/mol. The Bertz CT molecular complexity index is 1430. The van der Waals surface area contributed by atoms with E-state index in [0.717, 1.165) is 28.6 Å². The molecule has 0 bridgehead atoms. The van der Waals surface area contributed by atoms with E-state index < -0.39 is 0 Å². The molecule has 1 aliphatic rings. The summed E-state index contributed by atoms with van der Waals surface area (Å²) >= 11 is 0. The lowest BCUT2D eigenvalue weighted by Gasteiger charge is -2.08. The molecule has 0 atom stereocenters. The van der Waals surface area contributed by atoms with Gasteiger partial charge in [-0.3, -0.25) is 4.79 Å². The number of methoxy groups -OCH3 is 1. The van der Waals surface area contributed by atoms with E-state index in [9.17, 15) is 9.59 Å². The number of ketones is 1. The Morgan fingerprint density at radius 1 is 1.06 bits per heavy atom. The summed E-state index contributed by atoms with van der Waals surface area (Å²) in [6.45, 7) is 3.24. The molecule has 0 saturated carbocycles. The summed E-state index contributed by atoms with van der Waals surface area (Å²) in [5.74, 6) is 0.843. The number of allylic oxidation sites excluding steroid dienone is 1. The van der Waals surface area contributed by atoms with Crippen LogP contribution in [-0.4, -0.2) is 23.4 Å². The largest absolute Gasteiger partial charge is 0.489 e. The second kappa shape index (κ2) is 8.90. The van der Waals surface area contributed by atoms with E-state index in [2.05, 4.69) is 17.6 Å². The lowest BCUT2D eigenvalue weighted by atomic mass is 10.1. The quantitative estimate of drug-likeness (QED) is 0.279. The minimum absolute atomic E-state index is 0.145. The summed E-state index contributed by atoms with van der Waals surface area (Å²) in [5, 5.41) is 1.08. The maximum absolute atomic E-state index is 12.9. The molecular formula is C28H23NO5. The van der Waals surface area contributed by atoms with Gasteiger partial charge < -0.3 is 18.8 Å². The van der Waals surface area contributed by atoms with E-state index in [1.165, 1.54) is 7.11 Å². The van der Waals surface area contributed by atoms with Crippen LogP contribution >= 0.6 is 0 Å². The second-order valence-electron chi connectivity index (χ2n) is 7.96. The highest BCUT2D eigenvalue weighted by atomic mass is 16.5. The van der Waals surface area contributed by atoms with E-state index in [4.69, 9.17) is 14.2 Å². The number of carbonyl (C=O) groups excluding carboxylic acids is 2. The van der Waals surface area contributed by atoms with Gasteiger partial charge in [-0.1, -0.05) is 30.3 Å². The van der Waals surface area contributed by atoms with Crippen LogP contribution in [0.15, 0.2) is 78.7 Å². The lowest BCUT2D eigenvalue weighted by Crippen LogP contribution is -2.02. The molecule has 0 unspecified atom stereocenters. The zero-order valence-electron chi connectivity index (χ0n) is 18.9. The van der Waals surface area contributed by atoms with Gasteiger partial charge in [-0.25, -0.2) is 4.79 Å². The number of nitrogens with zero attached hydrogens (tertiary/aromatic N) is 1. The van der Waals surface area contributed by atoms with Crippen LogP contribution in [0.4, 0.5) is 0 Å². The molecule has 0 saturated heterocycles. The number of carbonyl (C=O) groups is 2. The van der Waals surface area contributed by atoms with Gasteiger partial charge >= 0.3 is 5.97 Å². The molecule has 170 valence electrons. The number of aromatic nitrogens is 1. The van der Waals surface area contributed by atoms with Gasteiger partial charge in [0, 0.05) is 35.3 Å². The zero-order chi connectivity index (χ0) is 23.7. The number of Topliss-reactive ketones (excluding diaryl/α,β-unsaturated/α-hetero) is 1. The van der Waals surface area contributed by atoms with Crippen molar-refractivity contribution in [3.8, 4) is 11.5 Å². The Morgan fingerprint density at radius 2 is 1.85 bits per heavy atom. The van der Waals surface area contributed by atoms with Gasteiger partial charge in [0.05, 0.1) is 18.2 Å². The predicted molar refractivity (Wildman–Crippen MR) is 129 cm³/mol. The first-order valence-corrected chi connectivity index (χ1v) is 11.0. The summed E-state index contributed by atoms with van der Waals surface area (Å²) < 4.78 is 18.7. The highest BCUT2D eigenvalue weighted by Gasteiger charge is 2.28. The number of para-hydroxylation sites is 1. The van der Waals surface area contributed by atoms with Crippen molar-refractivity contribution >= 4 is 28.7 Å². The third-order valence-electron chi connectivity index (χ3n) is 5.87. The molecule has 34 heavy (non-hydrogen) atoms. The van der Waals surface area contributed by atoms with Crippen molar-refractivity contribution in [1.82, 2.24) is 4.57 Å². The molecule has 0 fully saturated rings. The monoisotopic (exact) mass is 453 g/mol. The molecule has 0 N–H and O–H groups in total. The number of rotatable bonds is 6. The summed E-state index contributed by atoms with van der Waals surface area (Å²) in [7, 11) is 1.35. The number of hydrogen-bond acceptors (Lipinski definition) is 5. The summed E-state index contributed by atoms with van der Waals surface area (Å²) in [6, 6.07) is 20.3. The number of benzene rings is 3. The van der Waals surface area contributed by atoms with E-state index in [1.54, 1.807) is 36.4 Å². The van der Waals surface area contributed by atoms with Crippen LogP contribution in [0.5, 0.6) is 11.5 Å². The Labute approximate surface area is 197 Å². The molecule has 0 amide bonds. The van der Waals surface area contributed by atoms with E-state index in [-0.39, 0.29) is 11.8 Å². The number of ether oxygens (including phenoxy) is 3. The van der Waals surface area contributed by atoms with Crippen molar-refractivity contribution in [3.63, 3.8) is 0 Å². The van der Waals surface area contributed by atoms with E-state index in [1.807, 2.05) is 36.5 Å². The van der Waals surface area contributed by atoms with Crippen LogP contribution in [0.25, 0.3) is 17.0 Å². The smallest absolute Gasteiger partial charge is 0.337 e. The fourth-order valence-electron chi connectivity index (χ4n) is 4.07. The van der Waals surface area contributed by atoms with Gasteiger partial charge in [-0.15, -0.1) is 0 Å². The van der Waals surface area contributed by atoms with Crippen molar-refractivity contribution in [2.75, 3.05) is 7.11 Å². The highest BCUT2D eigenvalue weighted by Crippen LogP contribution is 2.36. The molecule has 1 aromatic heterocycles. The van der Waals surface area contributed by atoms with Crippen molar-refractivity contribution < 1.29 is 23.8 Å². The third-order valence-corrected chi connectivity index (χ3v) is 5.87.